The van der Waals surface area contributed by atoms with Crippen molar-refractivity contribution in [1.82, 2.24) is 24.9 Å². The zero-order valence-corrected chi connectivity index (χ0v) is 23.1. The Balaban J connectivity index is 1.49. The number of carbonyl (C=O) groups is 1. The van der Waals surface area contributed by atoms with Crippen LogP contribution in [-0.4, -0.2) is 91.0 Å². The highest BCUT2D eigenvalue weighted by molar-refractivity contribution is 8.00. The third kappa shape index (κ3) is 5.78. The molecule has 2 aliphatic heterocycles. The minimum Gasteiger partial charge on any atom is -0.394 e. The van der Waals surface area contributed by atoms with Crippen LogP contribution in [0.3, 0.4) is 0 Å². The van der Waals surface area contributed by atoms with E-state index in [1.165, 1.54) is 34.8 Å². The Labute approximate surface area is 238 Å². The summed E-state index contributed by atoms with van der Waals surface area (Å²) in [7, 11) is 0. The normalized spacial score (nSPS) is 25.0. The molecule has 39 heavy (non-hydrogen) atoms. The van der Waals surface area contributed by atoms with Crippen LogP contribution in [0.15, 0.2) is 41.6 Å². The molecule has 10 nitrogen and oxygen atoms in total. The van der Waals surface area contributed by atoms with Crippen LogP contribution in [0.1, 0.15) is 29.9 Å². The van der Waals surface area contributed by atoms with Crippen molar-refractivity contribution in [3.63, 3.8) is 0 Å². The molecule has 0 spiro atoms. The number of rotatable bonds is 8. The Morgan fingerprint density at radius 3 is 2.77 bits per heavy atom. The van der Waals surface area contributed by atoms with Crippen molar-refractivity contribution in [2.45, 2.75) is 48.0 Å². The van der Waals surface area contributed by atoms with Crippen LogP contribution in [0.25, 0.3) is 11.3 Å². The van der Waals surface area contributed by atoms with Crippen LogP contribution >= 0.6 is 35.0 Å². The van der Waals surface area contributed by atoms with E-state index in [9.17, 15) is 19.4 Å². The van der Waals surface area contributed by atoms with E-state index in [0.29, 0.717) is 34.3 Å². The van der Waals surface area contributed by atoms with Gasteiger partial charge in [0.2, 0.25) is 0 Å². The van der Waals surface area contributed by atoms with Gasteiger partial charge in [0.25, 0.3) is 5.91 Å². The maximum atomic E-state index is 14.1. The summed E-state index contributed by atoms with van der Waals surface area (Å²) >= 11 is 13.2. The molecule has 3 aromatic rings. The Bertz CT molecular complexity index is 1350. The van der Waals surface area contributed by atoms with Gasteiger partial charge in [-0.25, -0.2) is 14.1 Å². The maximum Gasteiger partial charge on any atom is 0.273 e. The van der Waals surface area contributed by atoms with Crippen molar-refractivity contribution in [3.8, 4) is 11.3 Å². The number of nitrogens with zero attached hydrogens (tertiary/aromatic N) is 5. The molecule has 1 aromatic carbocycles. The Morgan fingerprint density at radius 2 is 2.10 bits per heavy atom. The predicted molar refractivity (Wildman–Crippen MR) is 142 cm³/mol. The lowest BCUT2D eigenvalue weighted by molar-refractivity contribution is -0.191. The summed E-state index contributed by atoms with van der Waals surface area (Å²) in [6.07, 6.45) is 0.899. The molecule has 0 radical (unpaired) electrons. The summed E-state index contributed by atoms with van der Waals surface area (Å²) in [4.78, 5) is 19.5. The van der Waals surface area contributed by atoms with E-state index >= 15 is 0 Å². The second-order valence-corrected chi connectivity index (χ2v) is 11.1. The summed E-state index contributed by atoms with van der Waals surface area (Å²) in [5, 5.41) is 29.9. The number of aromatic nitrogens is 4. The molecule has 2 aromatic heterocycles. The topological polar surface area (TPSA) is 123 Å². The molecule has 208 valence electrons. The first-order chi connectivity index (χ1) is 18.8. The fraction of sp³-hybridized carbons (Fsp3) is 0.440. The summed E-state index contributed by atoms with van der Waals surface area (Å²) in [6, 6.07) is 5.07. The Kier molecular flexibility index (Phi) is 8.72. The summed E-state index contributed by atoms with van der Waals surface area (Å²) in [5.41, 5.74) is 0.241. The highest BCUT2D eigenvalue weighted by Crippen LogP contribution is 2.41. The molecular weight excluding hydrogens is 572 g/mol. The molecule has 2 saturated heterocycles. The Morgan fingerprint density at radius 1 is 1.31 bits per heavy atom. The third-order valence-electron chi connectivity index (χ3n) is 6.62. The monoisotopic (exact) mass is 597 g/mol. The molecule has 2 N–H and O–H groups in total. The molecule has 3 unspecified atom stereocenters. The van der Waals surface area contributed by atoms with Gasteiger partial charge in [-0.05, 0) is 31.5 Å². The largest absolute Gasteiger partial charge is 0.394 e. The number of pyridine rings is 1. The predicted octanol–water partition coefficient (Wildman–Crippen LogP) is 3.45. The van der Waals surface area contributed by atoms with Crippen molar-refractivity contribution >= 4 is 40.9 Å². The van der Waals surface area contributed by atoms with Crippen molar-refractivity contribution in [1.29, 1.82) is 0 Å². The number of halogens is 3. The maximum absolute atomic E-state index is 14.1. The second kappa shape index (κ2) is 12.0. The zero-order valence-electron chi connectivity index (χ0n) is 20.8. The standard InChI is InChI=1S/C25H26Cl2FN5O5S/c1-2-37-23-21(33-11-17(30-31-33)13-4-5-15(27)16(28)8-13)22(35)18(12-34)38-25(23)39-19-9-14(26)10-29-20(19)24(36)32-6-3-7-32/h4-5,8-11,18,21-23,25,34-35H,2-3,6-7,12H2,1H3/t18?,21?,22-,23?,25+/m0/s1. The van der Waals surface area contributed by atoms with Crippen LogP contribution in [0.2, 0.25) is 10.0 Å². The quantitative estimate of drug-likeness (QED) is 0.402. The number of amides is 1. The first-order valence-electron chi connectivity index (χ1n) is 12.4. The SMILES string of the molecule is CCOC1C(n2cc(-c3ccc(Cl)c(F)c3)nn2)[C@@H](O)C(CO)O[C@@H]1Sc1cc(Cl)cnc1C(=O)N1CCC1. The van der Waals surface area contributed by atoms with Crippen LogP contribution in [-0.2, 0) is 9.47 Å². The minimum atomic E-state index is -1.22. The summed E-state index contributed by atoms with van der Waals surface area (Å²) in [6.45, 7) is 2.90. The van der Waals surface area contributed by atoms with Gasteiger partial charge >= 0.3 is 0 Å². The summed E-state index contributed by atoms with van der Waals surface area (Å²) in [5.74, 6) is -0.812. The molecule has 0 aliphatic carbocycles. The van der Waals surface area contributed by atoms with Gasteiger partial charge in [0.05, 0.1) is 22.8 Å². The number of aliphatic hydroxyl groups is 2. The lowest BCUT2D eigenvalue weighted by atomic mass is 9.97. The zero-order chi connectivity index (χ0) is 27.7. The van der Waals surface area contributed by atoms with E-state index in [-0.39, 0.29) is 23.2 Å². The van der Waals surface area contributed by atoms with Crippen LogP contribution < -0.4 is 0 Å². The average Bonchev–Trinajstić information content (AvgIpc) is 3.36. The fourth-order valence-electron chi connectivity index (χ4n) is 4.50. The van der Waals surface area contributed by atoms with Crippen molar-refractivity contribution in [3.05, 3.63) is 58.2 Å². The molecule has 4 heterocycles. The van der Waals surface area contributed by atoms with Crippen molar-refractivity contribution in [2.75, 3.05) is 26.3 Å². The van der Waals surface area contributed by atoms with E-state index in [1.807, 2.05) is 0 Å². The number of ether oxygens (including phenoxy) is 2. The minimum absolute atomic E-state index is 0.0180. The van der Waals surface area contributed by atoms with Gasteiger partial charge in [0.15, 0.2) is 0 Å². The number of benzene rings is 1. The van der Waals surface area contributed by atoms with Gasteiger partial charge in [-0.3, -0.25) is 4.79 Å². The van der Waals surface area contributed by atoms with Crippen LogP contribution in [0, 0.1) is 5.82 Å². The van der Waals surface area contributed by atoms with Gasteiger partial charge in [0, 0.05) is 36.4 Å². The van der Waals surface area contributed by atoms with Gasteiger partial charge in [-0.1, -0.05) is 46.2 Å². The summed E-state index contributed by atoms with van der Waals surface area (Å²) < 4.78 is 27.6. The van der Waals surface area contributed by atoms with Gasteiger partial charge in [-0.2, -0.15) is 0 Å². The average molecular weight is 598 g/mol. The smallest absolute Gasteiger partial charge is 0.273 e. The number of aliphatic hydroxyl groups excluding tert-OH is 2. The number of hydrogen-bond acceptors (Lipinski definition) is 9. The molecule has 5 rings (SSSR count). The van der Waals surface area contributed by atoms with Gasteiger partial charge in [0.1, 0.15) is 47.0 Å². The van der Waals surface area contributed by atoms with E-state index in [2.05, 4.69) is 15.3 Å². The fourth-order valence-corrected chi connectivity index (χ4v) is 6.11. The highest BCUT2D eigenvalue weighted by Gasteiger charge is 2.48. The van der Waals surface area contributed by atoms with E-state index < -0.39 is 42.2 Å². The molecule has 0 saturated carbocycles. The van der Waals surface area contributed by atoms with E-state index in [4.69, 9.17) is 32.7 Å². The number of carbonyl (C=O) groups excluding carboxylic acids is 1. The Hall–Kier alpha value is -2.32. The van der Waals surface area contributed by atoms with Crippen molar-refractivity contribution in [2.24, 2.45) is 0 Å². The second-order valence-electron chi connectivity index (χ2n) is 9.10. The first kappa shape index (κ1) is 28.2. The van der Waals surface area contributed by atoms with Crippen LogP contribution in [0.4, 0.5) is 4.39 Å². The number of thioether (sulfide) groups is 1. The molecular formula is C25H26Cl2FN5O5S. The molecule has 1 amide bonds. The van der Waals surface area contributed by atoms with Gasteiger partial charge < -0.3 is 24.6 Å². The third-order valence-corrected chi connectivity index (χ3v) is 8.31. The number of likely N-dealkylation sites (tertiary alicyclic amines) is 1. The first-order valence-corrected chi connectivity index (χ1v) is 14.0. The van der Waals surface area contributed by atoms with Crippen LogP contribution in [0.5, 0.6) is 0 Å². The lowest BCUT2D eigenvalue weighted by Crippen LogP contribution is -2.56. The molecule has 2 fully saturated rings. The van der Waals surface area contributed by atoms with Gasteiger partial charge in [-0.15, -0.1) is 5.10 Å². The molecule has 0 bridgehead atoms. The van der Waals surface area contributed by atoms with Crippen molar-refractivity contribution < 1.29 is 28.9 Å². The van der Waals surface area contributed by atoms with E-state index in [1.54, 1.807) is 30.2 Å². The van der Waals surface area contributed by atoms with E-state index in [0.717, 1.165) is 6.42 Å². The lowest BCUT2D eigenvalue weighted by Gasteiger charge is -2.43. The number of hydrogen-bond donors (Lipinski definition) is 2. The highest BCUT2D eigenvalue weighted by atomic mass is 35.5. The molecule has 14 heteroatoms. The molecule has 2 aliphatic rings. The molecule has 5 atom stereocenters.